The van der Waals surface area contributed by atoms with Gasteiger partial charge in [0, 0.05) is 13.1 Å². The molecule has 2 atom stereocenters. The highest BCUT2D eigenvalue weighted by Gasteiger charge is 2.11. The fourth-order valence-electron chi connectivity index (χ4n) is 0.876. The summed E-state index contributed by atoms with van der Waals surface area (Å²) in [5, 5.41) is 14.9. The molecule has 4 heteroatoms. The molecule has 0 aromatic rings. The lowest BCUT2D eigenvalue weighted by atomic mass is 10.2. The van der Waals surface area contributed by atoms with E-state index < -0.39 is 0 Å². The molecule has 0 bridgehead atoms. The van der Waals surface area contributed by atoms with Crippen molar-refractivity contribution in [3.05, 3.63) is 12.7 Å². The van der Waals surface area contributed by atoms with E-state index in [0.29, 0.717) is 19.5 Å². The third-order valence-electron chi connectivity index (χ3n) is 1.94. The van der Waals surface area contributed by atoms with E-state index in [1.165, 1.54) is 0 Å². The van der Waals surface area contributed by atoms with E-state index in [1.54, 1.807) is 13.0 Å². The van der Waals surface area contributed by atoms with Gasteiger partial charge in [0.05, 0.1) is 12.1 Å². The number of nitrogens with one attached hydrogen (secondary N) is 2. The van der Waals surface area contributed by atoms with E-state index in [0.717, 1.165) is 0 Å². The molecule has 1 amide bonds. The van der Waals surface area contributed by atoms with Crippen molar-refractivity contribution in [3.8, 4) is 0 Å². The second-order valence-electron chi connectivity index (χ2n) is 3.23. The van der Waals surface area contributed by atoms with Gasteiger partial charge < -0.3 is 15.7 Å². The summed E-state index contributed by atoms with van der Waals surface area (Å²) < 4.78 is 0. The molecular formula is C10H20N2O2. The average Bonchev–Trinajstić information content (AvgIpc) is 2.21. The smallest absolute Gasteiger partial charge is 0.237 e. The molecule has 82 valence electrons. The minimum absolute atomic E-state index is 0.0757. The van der Waals surface area contributed by atoms with Crippen molar-refractivity contribution >= 4 is 5.91 Å². The van der Waals surface area contributed by atoms with E-state index >= 15 is 0 Å². The topological polar surface area (TPSA) is 61.4 Å². The Bertz CT molecular complexity index is 183. The fourth-order valence-corrected chi connectivity index (χ4v) is 0.876. The zero-order valence-electron chi connectivity index (χ0n) is 8.92. The molecular weight excluding hydrogens is 180 g/mol. The molecule has 0 heterocycles. The molecule has 0 radical (unpaired) electrons. The lowest BCUT2D eigenvalue weighted by molar-refractivity contribution is -0.122. The van der Waals surface area contributed by atoms with Crippen LogP contribution >= 0.6 is 0 Å². The number of rotatable bonds is 7. The second-order valence-corrected chi connectivity index (χ2v) is 3.23. The minimum atomic E-state index is -0.385. The fraction of sp³-hybridized carbons (Fsp3) is 0.700. The largest absolute Gasteiger partial charge is 0.392 e. The molecule has 4 nitrogen and oxygen atoms in total. The molecule has 2 unspecified atom stereocenters. The molecule has 0 aromatic carbocycles. The van der Waals surface area contributed by atoms with Crippen molar-refractivity contribution in [1.82, 2.24) is 10.6 Å². The van der Waals surface area contributed by atoms with Crippen LogP contribution in [-0.4, -0.2) is 36.2 Å². The van der Waals surface area contributed by atoms with Crippen LogP contribution in [0.15, 0.2) is 12.7 Å². The van der Waals surface area contributed by atoms with E-state index in [9.17, 15) is 9.90 Å². The lowest BCUT2D eigenvalue weighted by Gasteiger charge is -2.15. The quantitative estimate of drug-likeness (QED) is 0.508. The zero-order chi connectivity index (χ0) is 11.0. The first-order valence-corrected chi connectivity index (χ1v) is 4.91. The maximum atomic E-state index is 11.3. The Balaban J connectivity index is 3.66. The predicted octanol–water partition coefficient (Wildman–Crippen LogP) is 0.0376. The van der Waals surface area contributed by atoms with Gasteiger partial charge in [0.25, 0.3) is 0 Å². The summed E-state index contributed by atoms with van der Waals surface area (Å²) in [7, 11) is 0. The molecule has 0 saturated heterocycles. The number of hydrogen-bond acceptors (Lipinski definition) is 3. The van der Waals surface area contributed by atoms with Crippen LogP contribution in [0.2, 0.25) is 0 Å². The Morgan fingerprint density at radius 2 is 2.29 bits per heavy atom. The van der Waals surface area contributed by atoms with Gasteiger partial charge in [-0.15, -0.1) is 6.58 Å². The van der Waals surface area contributed by atoms with Gasteiger partial charge in [0.15, 0.2) is 0 Å². The van der Waals surface area contributed by atoms with Gasteiger partial charge in [-0.2, -0.15) is 0 Å². The van der Waals surface area contributed by atoms with Crippen LogP contribution in [0.3, 0.4) is 0 Å². The van der Waals surface area contributed by atoms with Crippen LogP contribution in [-0.2, 0) is 4.79 Å². The van der Waals surface area contributed by atoms with Gasteiger partial charge in [-0.05, 0) is 13.3 Å². The summed E-state index contributed by atoms with van der Waals surface area (Å²) in [4.78, 5) is 11.3. The van der Waals surface area contributed by atoms with Gasteiger partial charge in [0.2, 0.25) is 5.91 Å². The van der Waals surface area contributed by atoms with Crippen LogP contribution in [0, 0.1) is 0 Å². The van der Waals surface area contributed by atoms with Crippen LogP contribution in [0.5, 0.6) is 0 Å². The Kier molecular flexibility index (Phi) is 7.06. The third-order valence-corrected chi connectivity index (χ3v) is 1.94. The summed E-state index contributed by atoms with van der Waals surface area (Å²) >= 11 is 0. The third kappa shape index (κ3) is 5.72. The van der Waals surface area contributed by atoms with Crippen molar-refractivity contribution in [1.29, 1.82) is 0 Å². The van der Waals surface area contributed by atoms with Crippen molar-refractivity contribution in [2.24, 2.45) is 0 Å². The number of aliphatic hydroxyl groups excluding tert-OH is 1. The first-order chi connectivity index (χ1) is 6.61. The molecule has 3 N–H and O–H groups in total. The number of carbonyl (C=O) groups is 1. The van der Waals surface area contributed by atoms with Gasteiger partial charge in [0.1, 0.15) is 0 Å². The van der Waals surface area contributed by atoms with Gasteiger partial charge in [-0.1, -0.05) is 13.0 Å². The predicted molar refractivity (Wildman–Crippen MR) is 57.0 cm³/mol. The number of hydrogen-bond donors (Lipinski definition) is 3. The molecule has 0 rings (SSSR count). The van der Waals surface area contributed by atoms with Crippen molar-refractivity contribution < 1.29 is 9.90 Å². The van der Waals surface area contributed by atoms with Crippen LogP contribution in [0.25, 0.3) is 0 Å². The van der Waals surface area contributed by atoms with Gasteiger partial charge >= 0.3 is 0 Å². The van der Waals surface area contributed by atoms with Crippen molar-refractivity contribution in [3.63, 3.8) is 0 Å². The highest BCUT2D eigenvalue weighted by atomic mass is 16.3. The molecule has 14 heavy (non-hydrogen) atoms. The maximum Gasteiger partial charge on any atom is 0.237 e. The summed E-state index contributed by atoms with van der Waals surface area (Å²) in [5.74, 6) is -0.0757. The molecule has 0 aromatic heterocycles. The standard InChI is InChI=1S/C10H20N2O2/c1-4-6-11-10(14)8(3)12-7-9(13)5-2/h4,8-9,12-13H,1,5-7H2,2-3H3,(H,11,14). The first-order valence-electron chi connectivity index (χ1n) is 4.91. The summed E-state index contributed by atoms with van der Waals surface area (Å²) in [5.41, 5.74) is 0. The maximum absolute atomic E-state index is 11.3. The lowest BCUT2D eigenvalue weighted by Crippen LogP contribution is -2.44. The Morgan fingerprint density at radius 3 is 2.79 bits per heavy atom. The first kappa shape index (κ1) is 13.1. The molecule has 0 aliphatic carbocycles. The molecule has 0 aliphatic heterocycles. The molecule has 0 spiro atoms. The summed E-state index contributed by atoms with van der Waals surface area (Å²) in [6.07, 6.45) is 1.93. The Labute approximate surface area is 85.4 Å². The zero-order valence-corrected chi connectivity index (χ0v) is 8.92. The number of carbonyl (C=O) groups excluding carboxylic acids is 1. The van der Waals surface area contributed by atoms with E-state index in [2.05, 4.69) is 17.2 Å². The van der Waals surface area contributed by atoms with Crippen molar-refractivity contribution in [2.75, 3.05) is 13.1 Å². The summed E-state index contributed by atoms with van der Waals surface area (Å²) in [6, 6.07) is -0.281. The Morgan fingerprint density at radius 1 is 1.64 bits per heavy atom. The minimum Gasteiger partial charge on any atom is -0.392 e. The highest BCUT2D eigenvalue weighted by molar-refractivity contribution is 5.81. The second kappa shape index (κ2) is 7.53. The van der Waals surface area contributed by atoms with Gasteiger partial charge in [-0.25, -0.2) is 0 Å². The molecule has 0 fully saturated rings. The van der Waals surface area contributed by atoms with Crippen molar-refractivity contribution in [2.45, 2.75) is 32.4 Å². The van der Waals surface area contributed by atoms with E-state index in [-0.39, 0.29) is 18.1 Å². The van der Waals surface area contributed by atoms with Crippen LogP contribution in [0.4, 0.5) is 0 Å². The van der Waals surface area contributed by atoms with E-state index in [1.807, 2.05) is 6.92 Å². The summed E-state index contributed by atoms with van der Waals surface area (Å²) in [6.45, 7) is 8.08. The normalized spacial score (nSPS) is 14.5. The van der Waals surface area contributed by atoms with E-state index in [4.69, 9.17) is 0 Å². The molecule has 0 aliphatic rings. The van der Waals surface area contributed by atoms with Crippen LogP contribution in [0.1, 0.15) is 20.3 Å². The van der Waals surface area contributed by atoms with Gasteiger partial charge in [-0.3, -0.25) is 4.79 Å². The SMILES string of the molecule is C=CCNC(=O)C(C)NCC(O)CC. The monoisotopic (exact) mass is 200 g/mol. The average molecular weight is 200 g/mol. The Hall–Kier alpha value is -0.870. The number of amides is 1. The molecule has 0 saturated carbocycles. The highest BCUT2D eigenvalue weighted by Crippen LogP contribution is 1.89. The number of aliphatic hydroxyl groups is 1. The van der Waals surface area contributed by atoms with Crippen LogP contribution < -0.4 is 10.6 Å².